The number of amides is 2. The predicted molar refractivity (Wildman–Crippen MR) is 91.6 cm³/mol. The molecule has 1 atom stereocenters. The lowest BCUT2D eigenvalue weighted by Gasteiger charge is -2.12. The van der Waals surface area contributed by atoms with Crippen LogP contribution in [0.1, 0.15) is 20.3 Å². The van der Waals surface area contributed by atoms with Crippen LogP contribution < -0.4 is 10.6 Å². The topological polar surface area (TPSA) is 104 Å². The van der Waals surface area contributed by atoms with Crippen molar-refractivity contribution in [3.8, 4) is 11.3 Å². The molecule has 0 radical (unpaired) electrons. The number of benzene rings is 1. The maximum atomic E-state index is 12.4. The number of anilines is 1. The Morgan fingerprint density at radius 3 is 2.68 bits per heavy atom. The summed E-state index contributed by atoms with van der Waals surface area (Å²) in [4.78, 5) is 28.2. The van der Waals surface area contributed by atoms with Crippen LogP contribution in [0.3, 0.4) is 0 Å². The summed E-state index contributed by atoms with van der Waals surface area (Å²) in [7, 11) is 0. The van der Waals surface area contributed by atoms with E-state index >= 15 is 0 Å². The first-order chi connectivity index (χ1) is 12.0. The predicted octanol–water partition coefficient (Wildman–Crippen LogP) is 2.64. The maximum Gasteiger partial charge on any atom is 0.264 e. The lowest BCUT2D eigenvalue weighted by atomic mass is 10.0. The fraction of sp³-hybridized carbons (Fsp3) is 0.278. The molecule has 1 aromatic carbocycles. The average molecular weight is 341 g/mol. The number of rotatable bonds is 5. The van der Waals surface area contributed by atoms with Crippen molar-refractivity contribution in [2.24, 2.45) is 5.92 Å². The van der Waals surface area contributed by atoms with Crippen molar-refractivity contribution in [2.45, 2.75) is 26.3 Å². The van der Waals surface area contributed by atoms with Crippen LogP contribution in [0.25, 0.3) is 11.3 Å². The normalized spacial score (nSPS) is 17.1. The average Bonchev–Trinajstić information content (AvgIpc) is 3.17. The van der Waals surface area contributed by atoms with Crippen LogP contribution in [0.4, 0.5) is 5.69 Å². The molecule has 3 N–H and O–H groups in total. The number of carbonyl (C=O) groups is 2. The number of nitrogens with zero attached hydrogens (tertiary/aromatic N) is 1. The standard InChI is InChI=1S/C18H19N3O4/c1-10(2)7-13-16(22)15(18(24)21-13)17(23)20-12-5-3-11(4-6-12)14-8-19-9-25-14/h3-6,8-10,13,22H,7H2,1-2H3,(H,20,23)(H,21,24). The minimum Gasteiger partial charge on any atom is -0.509 e. The molecule has 2 aromatic rings. The van der Waals surface area contributed by atoms with Gasteiger partial charge in [-0.3, -0.25) is 9.59 Å². The van der Waals surface area contributed by atoms with E-state index in [1.807, 2.05) is 13.8 Å². The van der Waals surface area contributed by atoms with Crippen LogP contribution in [-0.2, 0) is 9.59 Å². The van der Waals surface area contributed by atoms with Gasteiger partial charge in [0, 0.05) is 11.3 Å². The second-order valence-electron chi connectivity index (χ2n) is 6.31. The molecule has 2 heterocycles. The molecule has 0 aliphatic carbocycles. The van der Waals surface area contributed by atoms with Crippen LogP contribution in [-0.4, -0.2) is 27.9 Å². The van der Waals surface area contributed by atoms with Gasteiger partial charge in [0.1, 0.15) is 11.3 Å². The van der Waals surface area contributed by atoms with Gasteiger partial charge in [-0.05, 0) is 36.6 Å². The number of hydrogen-bond donors (Lipinski definition) is 3. The van der Waals surface area contributed by atoms with E-state index in [2.05, 4.69) is 15.6 Å². The number of carbonyl (C=O) groups excluding carboxylic acids is 2. The number of oxazole rings is 1. The molecule has 1 aromatic heterocycles. The van der Waals surface area contributed by atoms with Gasteiger partial charge in [-0.25, -0.2) is 4.98 Å². The fourth-order valence-electron chi connectivity index (χ4n) is 2.72. The quantitative estimate of drug-likeness (QED) is 0.725. The van der Waals surface area contributed by atoms with Crippen molar-refractivity contribution in [3.05, 3.63) is 48.2 Å². The molecule has 0 bridgehead atoms. The van der Waals surface area contributed by atoms with E-state index in [1.165, 1.54) is 6.39 Å². The second kappa shape index (κ2) is 6.80. The SMILES string of the molecule is CC(C)CC1NC(=O)C(C(=O)Nc2ccc(-c3cnco3)cc2)=C1O. The third-order valence-corrected chi connectivity index (χ3v) is 3.91. The molecule has 1 aliphatic rings. The van der Waals surface area contributed by atoms with Gasteiger partial charge < -0.3 is 20.2 Å². The van der Waals surface area contributed by atoms with Gasteiger partial charge in [-0.2, -0.15) is 0 Å². The molecule has 7 heteroatoms. The highest BCUT2D eigenvalue weighted by molar-refractivity contribution is 6.24. The number of hydrogen-bond acceptors (Lipinski definition) is 5. The molecular weight excluding hydrogens is 322 g/mol. The lowest BCUT2D eigenvalue weighted by molar-refractivity contribution is -0.120. The highest BCUT2D eigenvalue weighted by Crippen LogP contribution is 2.24. The maximum absolute atomic E-state index is 12.4. The summed E-state index contributed by atoms with van der Waals surface area (Å²) in [6, 6.07) is 6.39. The fourth-order valence-corrected chi connectivity index (χ4v) is 2.72. The van der Waals surface area contributed by atoms with Gasteiger partial charge in [0.25, 0.3) is 11.8 Å². The Morgan fingerprint density at radius 2 is 2.08 bits per heavy atom. The van der Waals surface area contributed by atoms with Crippen LogP contribution in [0.5, 0.6) is 0 Å². The van der Waals surface area contributed by atoms with Crippen molar-refractivity contribution in [1.29, 1.82) is 0 Å². The molecule has 1 unspecified atom stereocenters. The summed E-state index contributed by atoms with van der Waals surface area (Å²) in [5.74, 6) is -0.495. The lowest BCUT2D eigenvalue weighted by Crippen LogP contribution is -2.31. The molecule has 0 spiro atoms. The molecule has 25 heavy (non-hydrogen) atoms. The molecule has 0 fully saturated rings. The molecule has 2 amide bonds. The van der Waals surface area contributed by atoms with E-state index in [1.54, 1.807) is 30.5 Å². The smallest absolute Gasteiger partial charge is 0.264 e. The Kier molecular flexibility index (Phi) is 4.56. The summed E-state index contributed by atoms with van der Waals surface area (Å²) >= 11 is 0. The van der Waals surface area contributed by atoms with Crippen molar-refractivity contribution in [1.82, 2.24) is 10.3 Å². The van der Waals surface area contributed by atoms with Crippen molar-refractivity contribution >= 4 is 17.5 Å². The van der Waals surface area contributed by atoms with Gasteiger partial charge >= 0.3 is 0 Å². The first kappa shape index (κ1) is 16.8. The third-order valence-electron chi connectivity index (χ3n) is 3.91. The highest BCUT2D eigenvalue weighted by Gasteiger charge is 2.36. The summed E-state index contributed by atoms with van der Waals surface area (Å²) in [5, 5.41) is 15.5. The second-order valence-corrected chi connectivity index (χ2v) is 6.31. The number of nitrogens with one attached hydrogen (secondary N) is 2. The van der Waals surface area contributed by atoms with Gasteiger partial charge in [0.2, 0.25) is 0 Å². The highest BCUT2D eigenvalue weighted by atomic mass is 16.3. The molecule has 0 saturated carbocycles. The molecule has 7 nitrogen and oxygen atoms in total. The molecule has 130 valence electrons. The van der Waals surface area contributed by atoms with Crippen LogP contribution >= 0.6 is 0 Å². The number of aliphatic hydroxyl groups is 1. The van der Waals surface area contributed by atoms with E-state index in [-0.39, 0.29) is 17.3 Å². The van der Waals surface area contributed by atoms with E-state index < -0.39 is 17.9 Å². The molecular formula is C18H19N3O4. The van der Waals surface area contributed by atoms with Crippen LogP contribution in [0.2, 0.25) is 0 Å². The zero-order valence-electron chi connectivity index (χ0n) is 13.9. The van der Waals surface area contributed by atoms with E-state index in [0.29, 0.717) is 17.9 Å². The molecule has 1 aliphatic heterocycles. The largest absolute Gasteiger partial charge is 0.509 e. The van der Waals surface area contributed by atoms with Gasteiger partial charge in [0.15, 0.2) is 12.2 Å². The zero-order valence-corrected chi connectivity index (χ0v) is 13.9. The summed E-state index contributed by atoms with van der Waals surface area (Å²) in [6.45, 7) is 3.96. The number of aliphatic hydroxyl groups excluding tert-OH is 1. The Labute approximate surface area is 144 Å². The zero-order chi connectivity index (χ0) is 18.0. The Balaban J connectivity index is 1.73. The molecule has 3 rings (SSSR count). The van der Waals surface area contributed by atoms with Gasteiger partial charge in [-0.15, -0.1) is 0 Å². The molecule has 0 saturated heterocycles. The first-order valence-electron chi connectivity index (χ1n) is 8.00. The Morgan fingerprint density at radius 1 is 1.36 bits per heavy atom. The Bertz CT molecular complexity index is 807. The van der Waals surface area contributed by atoms with Crippen molar-refractivity contribution in [2.75, 3.05) is 5.32 Å². The minimum atomic E-state index is -0.631. The third kappa shape index (κ3) is 3.55. The minimum absolute atomic E-state index is 0.200. The summed E-state index contributed by atoms with van der Waals surface area (Å²) in [6.07, 6.45) is 3.50. The van der Waals surface area contributed by atoms with E-state index in [4.69, 9.17) is 4.42 Å². The van der Waals surface area contributed by atoms with Crippen LogP contribution in [0, 0.1) is 5.92 Å². The Hall–Kier alpha value is -3.09. The van der Waals surface area contributed by atoms with Gasteiger partial charge in [0.05, 0.1) is 12.2 Å². The van der Waals surface area contributed by atoms with Crippen LogP contribution in [0.15, 0.2) is 52.6 Å². The van der Waals surface area contributed by atoms with E-state index in [9.17, 15) is 14.7 Å². The summed E-state index contributed by atoms with van der Waals surface area (Å²) < 4.78 is 5.20. The first-order valence-corrected chi connectivity index (χ1v) is 8.00. The number of aromatic nitrogens is 1. The monoisotopic (exact) mass is 341 g/mol. The summed E-state index contributed by atoms with van der Waals surface area (Å²) in [5.41, 5.74) is 1.09. The van der Waals surface area contributed by atoms with Crippen molar-refractivity contribution < 1.29 is 19.1 Å². The van der Waals surface area contributed by atoms with Crippen molar-refractivity contribution in [3.63, 3.8) is 0 Å². The van der Waals surface area contributed by atoms with E-state index in [0.717, 1.165) is 5.56 Å². The van der Waals surface area contributed by atoms with Gasteiger partial charge in [-0.1, -0.05) is 13.8 Å².